The van der Waals surface area contributed by atoms with E-state index in [-0.39, 0.29) is 17.9 Å². The first-order chi connectivity index (χ1) is 15.6. The number of carbonyl (C=O) groups is 1. The number of hydrogen-bond donors (Lipinski definition) is 1. The van der Waals surface area contributed by atoms with Crippen LogP contribution in [-0.4, -0.2) is 58.3 Å². The first kappa shape index (κ1) is 21.8. The molecule has 4 rings (SSSR count). The maximum absolute atomic E-state index is 11.6. The van der Waals surface area contributed by atoms with E-state index in [1.54, 1.807) is 14.2 Å². The van der Waals surface area contributed by atoms with Crippen LogP contribution in [0.1, 0.15) is 35.8 Å². The molecule has 0 radical (unpaired) electrons. The van der Waals surface area contributed by atoms with Crippen molar-refractivity contribution in [2.24, 2.45) is 11.7 Å². The van der Waals surface area contributed by atoms with E-state index in [0.29, 0.717) is 6.54 Å². The zero-order valence-corrected chi connectivity index (χ0v) is 18.3. The molecule has 1 amide bonds. The van der Waals surface area contributed by atoms with Gasteiger partial charge in [0.05, 0.1) is 26.8 Å². The Morgan fingerprint density at radius 1 is 1.03 bits per heavy atom. The number of hydrogen-bond acceptors (Lipinski definition) is 7. The Labute approximate surface area is 187 Å². The average molecular weight is 437 g/mol. The van der Waals surface area contributed by atoms with Crippen LogP contribution in [0.25, 0.3) is 0 Å². The molecule has 1 aromatic heterocycles. The molecule has 0 spiro atoms. The van der Waals surface area contributed by atoms with Gasteiger partial charge in [0.15, 0.2) is 5.82 Å². The molecule has 0 bridgehead atoms. The molecule has 1 fully saturated rings. The fraction of sp³-hybridized carbons (Fsp3) is 0.391. The molecule has 2 N–H and O–H groups in total. The van der Waals surface area contributed by atoms with Gasteiger partial charge in [0, 0.05) is 5.92 Å². The summed E-state index contributed by atoms with van der Waals surface area (Å²) in [6.07, 6.45) is 1.45. The monoisotopic (exact) mass is 436 g/mol. The number of tetrazole rings is 1. The number of methoxy groups -OCH3 is 2. The standard InChI is InChI=1S/C23H28N6O3/c1-31-19-7-3-16(4-8-19)15-29-23(25-26-27-29)21(17-5-9-20(32-2)10-6-17)28-13-11-18(12-14-28)22(24)30/h3-10,18,21H,11-15H2,1-2H3,(H2,24,30)/t21-/m1/s1. The molecule has 9 nitrogen and oxygen atoms in total. The van der Waals surface area contributed by atoms with Crippen molar-refractivity contribution < 1.29 is 14.3 Å². The zero-order chi connectivity index (χ0) is 22.5. The van der Waals surface area contributed by atoms with E-state index in [1.165, 1.54) is 0 Å². The number of aromatic nitrogens is 4. The van der Waals surface area contributed by atoms with Crippen molar-refractivity contribution in [3.63, 3.8) is 0 Å². The van der Waals surface area contributed by atoms with E-state index in [2.05, 4.69) is 20.4 Å². The van der Waals surface area contributed by atoms with Crippen LogP contribution in [-0.2, 0) is 11.3 Å². The van der Waals surface area contributed by atoms with E-state index in [0.717, 1.165) is 54.4 Å². The van der Waals surface area contributed by atoms with Crippen LogP contribution in [0.4, 0.5) is 0 Å². The first-order valence-corrected chi connectivity index (χ1v) is 10.7. The van der Waals surface area contributed by atoms with E-state index in [1.807, 2.05) is 53.2 Å². The van der Waals surface area contributed by atoms with Gasteiger partial charge in [0.1, 0.15) is 11.5 Å². The maximum atomic E-state index is 11.6. The molecule has 2 aromatic carbocycles. The Balaban J connectivity index is 1.64. The Morgan fingerprint density at radius 2 is 1.62 bits per heavy atom. The van der Waals surface area contributed by atoms with Crippen molar-refractivity contribution in [2.75, 3.05) is 27.3 Å². The van der Waals surface area contributed by atoms with E-state index in [9.17, 15) is 4.79 Å². The second kappa shape index (κ2) is 9.78. The number of primary amides is 1. The van der Waals surface area contributed by atoms with Crippen LogP contribution in [0.5, 0.6) is 11.5 Å². The minimum absolute atomic E-state index is 0.0851. The van der Waals surface area contributed by atoms with Gasteiger partial charge in [-0.25, -0.2) is 4.68 Å². The predicted octanol–water partition coefficient (Wildman–Crippen LogP) is 2.03. The second-order valence-electron chi connectivity index (χ2n) is 7.93. The fourth-order valence-electron chi connectivity index (χ4n) is 4.18. The Morgan fingerprint density at radius 3 is 2.19 bits per heavy atom. The van der Waals surface area contributed by atoms with Crippen LogP contribution in [0.15, 0.2) is 48.5 Å². The van der Waals surface area contributed by atoms with Crippen LogP contribution in [0.3, 0.4) is 0 Å². The van der Waals surface area contributed by atoms with Gasteiger partial charge in [-0.05, 0) is 71.8 Å². The summed E-state index contributed by atoms with van der Waals surface area (Å²) < 4.78 is 12.4. The van der Waals surface area contributed by atoms with Gasteiger partial charge in [-0.2, -0.15) is 0 Å². The third kappa shape index (κ3) is 4.72. The highest BCUT2D eigenvalue weighted by molar-refractivity contribution is 5.76. The quantitative estimate of drug-likeness (QED) is 0.575. The highest BCUT2D eigenvalue weighted by atomic mass is 16.5. The van der Waals surface area contributed by atoms with Gasteiger partial charge >= 0.3 is 0 Å². The Kier molecular flexibility index (Phi) is 6.65. The normalized spacial score (nSPS) is 15.9. The second-order valence-corrected chi connectivity index (χ2v) is 7.93. The number of amides is 1. The lowest BCUT2D eigenvalue weighted by Gasteiger charge is -2.36. The summed E-state index contributed by atoms with van der Waals surface area (Å²) >= 11 is 0. The van der Waals surface area contributed by atoms with Crippen LogP contribution in [0.2, 0.25) is 0 Å². The number of rotatable bonds is 8. The first-order valence-electron chi connectivity index (χ1n) is 10.7. The average Bonchev–Trinajstić information content (AvgIpc) is 3.28. The lowest BCUT2D eigenvalue weighted by atomic mass is 9.93. The van der Waals surface area contributed by atoms with Gasteiger partial charge in [-0.1, -0.05) is 24.3 Å². The number of carbonyl (C=O) groups excluding carboxylic acids is 1. The van der Waals surface area contributed by atoms with Gasteiger partial charge in [0.25, 0.3) is 0 Å². The molecule has 1 saturated heterocycles. The molecule has 32 heavy (non-hydrogen) atoms. The molecule has 1 aliphatic heterocycles. The van der Waals surface area contributed by atoms with Crippen molar-refractivity contribution in [1.29, 1.82) is 0 Å². The zero-order valence-electron chi connectivity index (χ0n) is 18.3. The predicted molar refractivity (Wildman–Crippen MR) is 118 cm³/mol. The molecule has 3 aromatic rings. The summed E-state index contributed by atoms with van der Waals surface area (Å²) in [5.41, 5.74) is 7.67. The lowest BCUT2D eigenvalue weighted by molar-refractivity contribution is -0.123. The molecule has 0 aliphatic carbocycles. The molecule has 9 heteroatoms. The van der Waals surface area contributed by atoms with Crippen LogP contribution < -0.4 is 15.2 Å². The summed E-state index contributed by atoms with van der Waals surface area (Å²) in [4.78, 5) is 14.0. The summed E-state index contributed by atoms with van der Waals surface area (Å²) in [7, 11) is 3.30. The van der Waals surface area contributed by atoms with Gasteiger partial charge in [0.2, 0.25) is 5.91 Å². The molecule has 168 valence electrons. The van der Waals surface area contributed by atoms with Crippen molar-refractivity contribution >= 4 is 5.91 Å². The number of piperidine rings is 1. The van der Waals surface area contributed by atoms with Gasteiger partial charge < -0.3 is 15.2 Å². The van der Waals surface area contributed by atoms with Crippen molar-refractivity contribution in [3.05, 3.63) is 65.5 Å². The molecular weight excluding hydrogens is 408 g/mol. The smallest absolute Gasteiger partial charge is 0.220 e. The highest BCUT2D eigenvalue weighted by Gasteiger charge is 2.32. The Hall–Kier alpha value is -3.46. The molecule has 2 heterocycles. The van der Waals surface area contributed by atoms with Crippen molar-refractivity contribution in [1.82, 2.24) is 25.1 Å². The number of benzene rings is 2. The number of likely N-dealkylation sites (tertiary alicyclic amines) is 1. The van der Waals surface area contributed by atoms with Gasteiger partial charge in [-0.3, -0.25) is 9.69 Å². The summed E-state index contributed by atoms with van der Waals surface area (Å²) in [5.74, 6) is 2.04. The third-order valence-electron chi connectivity index (χ3n) is 6.02. The molecular formula is C23H28N6O3. The van der Waals surface area contributed by atoms with E-state index in [4.69, 9.17) is 15.2 Å². The Bertz CT molecular complexity index is 1030. The summed E-state index contributed by atoms with van der Waals surface area (Å²) in [6, 6.07) is 15.7. The van der Waals surface area contributed by atoms with Crippen LogP contribution >= 0.6 is 0 Å². The van der Waals surface area contributed by atoms with Crippen molar-refractivity contribution in [2.45, 2.75) is 25.4 Å². The molecule has 1 atom stereocenters. The maximum Gasteiger partial charge on any atom is 0.220 e. The third-order valence-corrected chi connectivity index (χ3v) is 6.02. The minimum Gasteiger partial charge on any atom is -0.497 e. The number of nitrogens with two attached hydrogens (primary N) is 1. The van der Waals surface area contributed by atoms with E-state index < -0.39 is 0 Å². The van der Waals surface area contributed by atoms with Gasteiger partial charge in [-0.15, -0.1) is 5.10 Å². The number of ether oxygens (including phenoxy) is 2. The highest BCUT2D eigenvalue weighted by Crippen LogP contribution is 2.32. The van der Waals surface area contributed by atoms with E-state index >= 15 is 0 Å². The molecule has 0 unspecified atom stereocenters. The van der Waals surface area contributed by atoms with Crippen LogP contribution in [0, 0.1) is 5.92 Å². The number of nitrogens with zero attached hydrogens (tertiary/aromatic N) is 5. The summed E-state index contributed by atoms with van der Waals surface area (Å²) in [5, 5.41) is 12.7. The van der Waals surface area contributed by atoms with Crippen molar-refractivity contribution in [3.8, 4) is 11.5 Å². The molecule has 0 saturated carbocycles. The lowest BCUT2D eigenvalue weighted by Crippen LogP contribution is -2.41. The molecule has 1 aliphatic rings. The largest absolute Gasteiger partial charge is 0.497 e. The minimum atomic E-state index is -0.227. The topological polar surface area (TPSA) is 108 Å². The summed E-state index contributed by atoms with van der Waals surface area (Å²) in [6.45, 7) is 2.01. The fourth-order valence-corrected chi connectivity index (χ4v) is 4.18. The SMILES string of the molecule is COc1ccc(Cn2nnnc2[C@@H](c2ccc(OC)cc2)N2CCC(C(N)=O)CC2)cc1.